The van der Waals surface area contributed by atoms with E-state index in [1.807, 2.05) is 11.8 Å². The number of nitrogens with zero attached hydrogens (tertiary/aromatic N) is 2. The Morgan fingerprint density at radius 2 is 1.42 bits per heavy atom. The molecule has 3 atom stereocenters. The van der Waals surface area contributed by atoms with Gasteiger partial charge in [-0.15, -0.1) is 0 Å². The normalized spacial score (nSPS) is 16.2. The van der Waals surface area contributed by atoms with Crippen LogP contribution in [0.15, 0.2) is 67.4 Å². The zero-order valence-electron chi connectivity index (χ0n) is 35.9. The first-order valence-electron chi connectivity index (χ1n) is 21.6. The summed E-state index contributed by atoms with van der Waals surface area (Å²) in [5.74, 6) is 0.852. The minimum atomic E-state index is -0.361. The van der Waals surface area contributed by atoms with Crippen LogP contribution in [0, 0.1) is 0 Å². The fraction of sp³-hybridized carbons (Fsp3) is 0.477. The quantitative estimate of drug-likeness (QED) is 0.0230. The molecule has 0 aliphatic carbocycles. The summed E-state index contributed by atoms with van der Waals surface area (Å²) in [6, 6.07) is 14.5. The van der Waals surface area contributed by atoms with E-state index in [0.717, 1.165) is 31.4 Å². The van der Waals surface area contributed by atoms with Crippen molar-refractivity contribution < 1.29 is 38.2 Å². The Balaban J connectivity index is 0.813. The highest BCUT2D eigenvalue weighted by molar-refractivity contribution is 8.00. The molecule has 18 nitrogen and oxygen atoms in total. The van der Waals surface area contributed by atoms with Gasteiger partial charge in [-0.25, -0.2) is 9.78 Å². The van der Waals surface area contributed by atoms with Gasteiger partial charge in [-0.3, -0.25) is 19.2 Å². The lowest BCUT2D eigenvalue weighted by atomic mass is 10.0. The van der Waals surface area contributed by atoms with Crippen molar-refractivity contribution in [2.24, 2.45) is 0 Å². The Labute approximate surface area is 382 Å². The van der Waals surface area contributed by atoms with E-state index in [2.05, 4.69) is 59.1 Å². The van der Waals surface area contributed by atoms with Gasteiger partial charge in [0.15, 0.2) is 5.82 Å². The predicted molar refractivity (Wildman–Crippen MR) is 249 cm³/mol. The lowest BCUT2D eigenvalue weighted by Gasteiger charge is -2.16. The maximum absolute atomic E-state index is 12.6. The molecule has 346 valence electrons. The number of aromatic nitrogens is 2. The zero-order chi connectivity index (χ0) is 45.4. The fourth-order valence-corrected chi connectivity index (χ4v) is 8.44. The summed E-state index contributed by atoms with van der Waals surface area (Å²) < 4.78 is 16.7. The molecule has 8 N–H and O–H groups in total. The van der Waals surface area contributed by atoms with E-state index in [9.17, 15) is 24.0 Å². The summed E-state index contributed by atoms with van der Waals surface area (Å²) in [6.45, 7) is 7.33. The summed E-state index contributed by atoms with van der Waals surface area (Å²) >= 11 is 8.26. The smallest absolute Gasteiger partial charge is 0.315 e. The number of carbonyl (C=O) groups excluding carboxylic acids is 5. The number of halogens is 1. The number of benzene rings is 2. The van der Waals surface area contributed by atoms with Gasteiger partial charge in [0.2, 0.25) is 29.6 Å². The second-order valence-electron chi connectivity index (χ2n) is 15.0. The van der Waals surface area contributed by atoms with Crippen molar-refractivity contribution >= 4 is 87.5 Å². The molecule has 2 aliphatic rings. The van der Waals surface area contributed by atoms with Crippen molar-refractivity contribution in [1.82, 2.24) is 31.2 Å². The van der Waals surface area contributed by atoms with Gasteiger partial charge in [0.1, 0.15) is 5.02 Å². The third-order valence-electron chi connectivity index (χ3n) is 9.98. The molecule has 0 radical (unpaired) electrons. The molecule has 3 aromatic rings. The molecule has 0 saturated carbocycles. The average molecular weight is 924 g/mol. The van der Waals surface area contributed by atoms with Crippen molar-refractivity contribution in [3.63, 3.8) is 0 Å². The molecule has 0 unspecified atom stereocenters. The van der Waals surface area contributed by atoms with Crippen LogP contribution in [0.3, 0.4) is 0 Å². The summed E-state index contributed by atoms with van der Waals surface area (Å²) in [5.41, 5.74) is 2.26. The number of hydrogen-bond donors (Lipinski definition) is 8. The maximum Gasteiger partial charge on any atom is 0.315 e. The van der Waals surface area contributed by atoms with Gasteiger partial charge in [0.05, 0.1) is 56.1 Å². The molecular weight excluding hydrogens is 864 g/mol. The van der Waals surface area contributed by atoms with Gasteiger partial charge < -0.3 is 56.7 Å². The van der Waals surface area contributed by atoms with Crippen LogP contribution in [0.5, 0.6) is 0 Å². The van der Waals surface area contributed by atoms with Crippen LogP contribution in [-0.2, 0) is 33.4 Å². The molecule has 5 rings (SSSR count). The Bertz CT molecular complexity index is 2010. The van der Waals surface area contributed by atoms with Gasteiger partial charge in [0, 0.05) is 67.9 Å². The third-order valence-corrected chi connectivity index (χ3v) is 11.8. The Hall–Kier alpha value is -5.47. The Morgan fingerprint density at radius 1 is 0.766 bits per heavy atom. The molecule has 2 aliphatic heterocycles. The number of unbranched alkanes of at least 4 members (excludes halogenated alkanes) is 1. The van der Waals surface area contributed by atoms with Gasteiger partial charge in [-0.1, -0.05) is 42.8 Å². The lowest BCUT2D eigenvalue weighted by Crippen LogP contribution is -2.36. The second-order valence-corrected chi connectivity index (χ2v) is 16.7. The first-order valence-corrected chi connectivity index (χ1v) is 23.0. The number of hydrogen-bond acceptors (Lipinski definition) is 13. The average Bonchev–Trinajstić information content (AvgIpc) is 3.84. The van der Waals surface area contributed by atoms with E-state index < -0.39 is 0 Å². The number of urea groups is 1. The number of thioether (sulfide) groups is 1. The summed E-state index contributed by atoms with van der Waals surface area (Å²) in [6.07, 6.45) is 8.10. The van der Waals surface area contributed by atoms with Crippen LogP contribution < -0.4 is 42.5 Å². The van der Waals surface area contributed by atoms with Crippen molar-refractivity contribution in [3.05, 3.63) is 72.4 Å². The van der Waals surface area contributed by atoms with Crippen molar-refractivity contribution in [2.75, 3.05) is 79.8 Å². The van der Waals surface area contributed by atoms with Crippen LogP contribution in [-0.4, -0.2) is 115 Å². The van der Waals surface area contributed by atoms with Crippen molar-refractivity contribution in [3.8, 4) is 0 Å². The number of anilines is 6. The first-order chi connectivity index (χ1) is 31.2. The van der Waals surface area contributed by atoms with E-state index in [1.165, 1.54) is 12.3 Å². The second kappa shape index (κ2) is 27.7. The topological polar surface area (TPSA) is 235 Å². The van der Waals surface area contributed by atoms with Crippen molar-refractivity contribution in [2.45, 2.75) is 75.1 Å². The molecular formula is C44H59ClN10O8S. The molecule has 2 aromatic carbocycles. The monoisotopic (exact) mass is 922 g/mol. The molecule has 1 aromatic heterocycles. The summed E-state index contributed by atoms with van der Waals surface area (Å²) in [4.78, 5) is 69.2. The Kier molecular flexibility index (Phi) is 21.4. The molecule has 2 fully saturated rings. The highest BCUT2D eigenvalue weighted by Gasteiger charge is 2.42. The van der Waals surface area contributed by atoms with E-state index in [4.69, 9.17) is 25.8 Å². The van der Waals surface area contributed by atoms with Crippen molar-refractivity contribution in [1.29, 1.82) is 0 Å². The van der Waals surface area contributed by atoms with Crippen LogP contribution >= 0.6 is 23.4 Å². The lowest BCUT2D eigenvalue weighted by molar-refractivity contribution is -0.122. The van der Waals surface area contributed by atoms with Gasteiger partial charge >= 0.3 is 6.03 Å². The largest absolute Gasteiger partial charge is 0.379 e. The number of nitrogens with one attached hydrogen (secondary N) is 8. The van der Waals surface area contributed by atoms with E-state index in [0.29, 0.717) is 106 Å². The van der Waals surface area contributed by atoms with E-state index in [-0.39, 0.29) is 65.6 Å². The molecule has 0 spiro atoms. The van der Waals surface area contributed by atoms with Crippen LogP contribution in [0.1, 0.15) is 57.8 Å². The summed E-state index contributed by atoms with van der Waals surface area (Å²) in [5, 5.41) is 24.3. The number of amides is 6. The molecule has 64 heavy (non-hydrogen) atoms. The predicted octanol–water partition coefficient (Wildman–Crippen LogP) is 5.64. The minimum Gasteiger partial charge on any atom is -0.379 e. The highest BCUT2D eigenvalue weighted by Crippen LogP contribution is 2.33. The van der Waals surface area contributed by atoms with Gasteiger partial charge in [-0.2, -0.15) is 16.7 Å². The maximum atomic E-state index is 12.6. The molecule has 0 bridgehead atoms. The highest BCUT2D eigenvalue weighted by atomic mass is 35.5. The zero-order valence-corrected chi connectivity index (χ0v) is 37.5. The third kappa shape index (κ3) is 18.0. The van der Waals surface area contributed by atoms with E-state index in [1.54, 1.807) is 48.5 Å². The number of ether oxygens (including phenoxy) is 3. The number of rotatable bonds is 30. The van der Waals surface area contributed by atoms with Gasteiger partial charge in [0.25, 0.3) is 0 Å². The number of carbonyl (C=O) groups is 5. The van der Waals surface area contributed by atoms with Crippen LogP contribution in [0.4, 0.5) is 39.3 Å². The molecule has 2 saturated heterocycles. The first kappa shape index (κ1) is 49.5. The molecule has 3 heterocycles. The van der Waals surface area contributed by atoms with Gasteiger partial charge in [-0.05, 0) is 68.5 Å². The van der Waals surface area contributed by atoms with E-state index >= 15 is 0 Å². The molecule has 20 heteroatoms. The van der Waals surface area contributed by atoms with Crippen LogP contribution in [0.2, 0.25) is 5.02 Å². The minimum absolute atomic E-state index is 0.0576. The standard InChI is InChI=1S/C44H59ClN10O8S/c1-2-37(56)51-33-13-3-4-14-34(33)52-42-32(45)28-48-43(55-42)50-31-12-7-11-30(27-31)49-40(59)18-8-17-39(58)47-20-10-22-62-24-26-63-25-23-61-21-9-19-46-38(57)16-6-5-15-36-41-35(29-64-36)53-44(60)54-41/h2-4,7,11-14,27-28,35-36,41H,1,5-6,8-10,15-26,29H2,(H,46,57)(H,47,58)(H,49,59)(H,51,56)(H2,53,54,60)(H2,48,50,52,55)/t35-,36-,41-/m0/s1. The SMILES string of the molecule is C=CC(=O)Nc1ccccc1Nc1nc(Nc2cccc(NC(=O)CCCC(=O)NCCCOCCOCCOCCCNC(=O)CCCC[C@@H]3SC[C@@H]4NC(=O)N[C@@H]43)c2)ncc1Cl. The number of para-hydroxylation sites is 2. The summed E-state index contributed by atoms with van der Waals surface area (Å²) in [7, 11) is 0. The Morgan fingerprint density at radius 3 is 2.14 bits per heavy atom. The molecule has 6 amide bonds. The number of fused-ring (bicyclic) bond motifs is 1. The van der Waals surface area contributed by atoms with Crippen LogP contribution in [0.25, 0.3) is 0 Å². The fourth-order valence-electron chi connectivity index (χ4n) is 6.76.